The van der Waals surface area contributed by atoms with E-state index in [1.807, 2.05) is 11.8 Å². The molecule has 94 valence electrons. The van der Waals surface area contributed by atoms with E-state index in [1.54, 1.807) is 0 Å². The minimum absolute atomic E-state index is 0.684. The Morgan fingerprint density at radius 2 is 2.19 bits per heavy atom. The molecule has 0 amide bonds. The third-order valence-electron chi connectivity index (χ3n) is 3.91. The van der Waals surface area contributed by atoms with Gasteiger partial charge in [0, 0.05) is 30.7 Å². The normalized spacial score (nSPS) is 33.2. The Labute approximate surface area is 105 Å². The van der Waals surface area contributed by atoms with Crippen molar-refractivity contribution in [2.45, 2.75) is 63.7 Å². The lowest BCUT2D eigenvalue weighted by Crippen LogP contribution is -2.39. The maximum Gasteiger partial charge on any atom is 0.0212 e. The smallest absolute Gasteiger partial charge is 0.0212 e. The number of nitrogens with zero attached hydrogens (tertiary/aromatic N) is 1. The van der Waals surface area contributed by atoms with Crippen molar-refractivity contribution in [1.29, 1.82) is 0 Å². The van der Waals surface area contributed by atoms with E-state index in [0.29, 0.717) is 6.04 Å². The first-order valence-electron chi connectivity index (χ1n) is 6.71. The molecule has 1 N–H and O–H groups in total. The van der Waals surface area contributed by atoms with Crippen molar-refractivity contribution in [3.63, 3.8) is 0 Å². The minimum Gasteiger partial charge on any atom is -0.310 e. The summed E-state index contributed by atoms with van der Waals surface area (Å²) in [5, 5.41) is 3.80. The molecular weight excluding hydrogens is 216 g/mol. The Hall–Kier alpha value is 0.270. The maximum atomic E-state index is 3.80. The summed E-state index contributed by atoms with van der Waals surface area (Å²) in [5.74, 6) is 1.28. The highest BCUT2D eigenvalue weighted by molar-refractivity contribution is 7.98. The summed E-state index contributed by atoms with van der Waals surface area (Å²) in [7, 11) is 0. The SMILES string of the molecule is CSCCC(C)NC1CC(C)N(C2CC2)C1. The van der Waals surface area contributed by atoms with E-state index in [4.69, 9.17) is 0 Å². The maximum absolute atomic E-state index is 3.80. The first-order chi connectivity index (χ1) is 7.70. The highest BCUT2D eigenvalue weighted by atomic mass is 32.2. The van der Waals surface area contributed by atoms with Crippen LogP contribution in [0.25, 0.3) is 0 Å². The number of nitrogens with one attached hydrogen (secondary N) is 1. The number of hydrogen-bond acceptors (Lipinski definition) is 3. The third kappa shape index (κ3) is 3.38. The van der Waals surface area contributed by atoms with E-state index in [0.717, 1.165) is 18.1 Å². The average Bonchev–Trinajstić information content (AvgIpc) is 3.01. The van der Waals surface area contributed by atoms with Gasteiger partial charge >= 0.3 is 0 Å². The Bertz CT molecular complexity index is 218. The molecule has 0 spiro atoms. The fourth-order valence-corrected chi connectivity index (χ4v) is 3.46. The van der Waals surface area contributed by atoms with E-state index in [2.05, 4.69) is 30.3 Å². The molecule has 2 aliphatic rings. The fourth-order valence-electron chi connectivity index (χ4n) is 2.87. The molecule has 3 unspecified atom stereocenters. The van der Waals surface area contributed by atoms with Gasteiger partial charge in [-0.25, -0.2) is 0 Å². The third-order valence-corrected chi connectivity index (χ3v) is 4.56. The van der Waals surface area contributed by atoms with Crippen molar-refractivity contribution >= 4 is 11.8 Å². The van der Waals surface area contributed by atoms with Crippen molar-refractivity contribution in [3.8, 4) is 0 Å². The van der Waals surface area contributed by atoms with E-state index < -0.39 is 0 Å². The molecule has 0 aromatic carbocycles. The van der Waals surface area contributed by atoms with Crippen LogP contribution >= 0.6 is 11.8 Å². The Balaban J connectivity index is 1.70. The van der Waals surface area contributed by atoms with Gasteiger partial charge in [0.2, 0.25) is 0 Å². The molecule has 1 saturated heterocycles. The Morgan fingerprint density at radius 3 is 2.81 bits per heavy atom. The predicted molar refractivity (Wildman–Crippen MR) is 73.2 cm³/mol. The zero-order chi connectivity index (χ0) is 11.5. The van der Waals surface area contributed by atoms with Gasteiger partial charge in [0.05, 0.1) is 0 Å². The summed E-state index contributed by atoms with van der Waals surface area (Å²) in [6.45, 7) is 6.02. The second-order valence-electron chi connectivity index (χ2n) is 5.56. The van der Waals surface area contributed by atoms with Crippen LogP contribution < -0.4 is 5.32 Å². The van der Waals surface area contributed by atoms with Crippen LogP contribution in [0.1, 0.15) is 39.5 Å². The summed E-state index contributed by atoms with van der Waals surface area (Å²) in [5.41, 5.74) is 0. The molecule has 16 heavy (non-hydrogen) atoms. The quantitative estimate of drug-likeness (QED) is 0.770. The van der Waals surface area contributed by atoms with Crippen LogP contribution in [0.3, 0.4) is 0 Å². The lowest BCUT2D eigenvalue weighted by Gasteiger charge is -2.21. The van der Waals surface area contributed by atoms with Gasteiger partial charge in [-0.05, 0) is 51.5 Å². The van der Waals surface area contributed by atoms with Crippen LogP contribution in [0.15, 0.2) is 0 Å². The molecule has 1 saturated carbocycles. The largest absolute Gasteiger partial charge is 0.310 e. The zero-order valence-corrected chi connectivity index (χ0v) is 11.7. The lowest BCUT2D eigenvalue weighted by molar-refractivity contribution is 0.254. The van der Waals surface area contributed by atoms with Crippen LogP contribution in [0.4, 0.5) is 0 Å². The van der Waals surface area contributed by atoms with E-state index in [1.165, 1.54) is 38.0 Å². The van der Waals surface area contributed by atoms with Crippen molar-refractivity contribution in [2.75, 3.05) is 18.6 Å². The van der Waals surface area contributed by atoms with E-state index in [9.17, 15) is 0 Å². The summed E-state index contributed by atoms with van der Waals surface area (Å²) in [4.78, 5) is 2.72. The first kappa shape index (κ1) is 12.7. The second-order valence-corrected chi connectivity index (χ2v) is 6.54. The number of thioether (sulfide) groups is 1. The van der Waals surface area contributed by atoms with Crippen molar-refractivity contribution in [3.05, 3.63) is 0 Å². The summed E-state index contributed by atoms with van der Waals surface area (Å²) in [6, 6.07) is 3.16. The van der Waals surface area contributed by atoms with Crippen molar-refractivity contribution < 1.29 is 0 Å². The van der Waals surface area contributed by atoms with E-state index in [-0.39, 0.29) is 0 Å². The molecule has 0 radical (unpaired) electrons. The molecule has 3 heteroatoms. The predicted octanol–water partition coefficient (Wildman–Crippen LogP) is 2.34. The highest BCUT2D eigenvalue weighted by Gasteiger charge is 2.38. The van der Waals surface area contributed by atoms with Gasteiger partial charge < -0.3 is 5.32 Å². The number of likely N-dealkylation sites (tertiary alicyclic amines) is 1. The molecule has 0 aromatic heterocycles. The van der Waals surface area contributed by atoms with Crippen LogP contribution in [0, 0.1) is 0 Å². The Morgan fingerprint density at radius 1 is 1.44 bits per heavy atom. The Kier molecular flexibility index (Phi) is 4.57. The van der Waals surface area contributed by atoms with Crippen LogP contribution in [0.5, 0.6) is 0 Å². The van der Waals surface area contributed by atoms with Crippen LogP contribution in [-0.2, 0) is 0 Å². The van der Waals surface area contributed by atoms with E-state index >= 15 is 0 Å². The van der Waals surface area contributed by atoms with Crippen molar-refractivity contribution in [1.82, 2.24) is 10.2 Å². The minimum atomic E-state index is 0.684. The van der Waals surface area contributed by atoms with Crippen molar-refractivity contribution in [2.24, 2.45) is 0 Å². The highest BCUT2D eigenvalue weighted by Crippen LogP contribution is 2.33. The van der Waals surface area contributed by atoms with Gasteiger partial charge in [0.15, 0.2) is 0 Å². The molecule has 1 aliphatic heterocycles. The van der Waals surface area contributed by atoms with Gasteiger partial charge in [-0.15, -0.1) is 0 Å². The molecular formula is C13H26N2S. The molecule has 3 atom stereocenters. The number of hydrogen-bond donors (Lipinski definition) is 1. The zero-order valence-electron chi connectivity index (χ0n) is 10.9. The summed E-state index contributed by atoms with van der Waals surface area (Å²) >= 11 is 1.95. The van der Waals surface area contributed by atoms with Gasteiger partial charge in [0.25, 0.3) is 0 Å². The van der Waals surface area contributed by atoms with Gasteiger partial charge in [-0.3, -0.25) is 4.90 Å². The average molecular weight is 242 g/mol. The van der Waals surface area contributed by atoms with Gasteiger partial charge in [0.1, 0.15) is 0 Å². The van der Waals surface area contributed by atoms with Gasteiger partial charge in [-0.2, -0.15) is 11.8 Å². The first-order valence-corrected chi connectivity index (χ1v) is 8.10. The summed E-state index contributed by atoms with van der Waals surface area (Å²) < 4.78 is 0. The molecule has 2 rings (SSSR count). The molecule has 1 aliphatic carbocycles. The standard InChI is InChI=1S/C13H26N2S/c1-10(6-7-16-3)14-12-8-11(2)15(9-12)13-4-5-13/h10-14H,4-9H2,1-3H3. The topological polar surface area (TPSA) is 15.3 Å². The number of rotatable bonds is 6. The molecule has 0 bridgehead atoms. The fraction of sp³-hybridized carbons (Fsp3) is 1.00. The molecule has 2 nitrogen and oxygen atoms in total. The van der Waals surface area contributed by atoms with Crippen LogP contribution in [-0.4, -0.2) is 47.6 Å². The summed E-state index contributed by atoms with van der Waals surface area (Å²) in [6.07, 6.45) is 7.73. The van der Waals surface area contributed by atoms with Crippen LogP contribution in [0.2, 0.25) is 0 Å². The van der Waals surface area contributed by atoms with Gasteiger partial charge in [-0.1, -0.05) is 0 Å². The molecule has 1 heterocycles. The monoisotopic (exact) mass is 242 g/mol. The molecule has 0 aromatic rings. The lowest BCUT2D eigenvalue weighted by atomic mass is 10.1. The molecule has 2 fully saturated rings. The second kappa shape index (κ2) is 5.74.